The van der Waals surface area contributed by atoms with Crippen molar-refractivity contribution in [1.29, 1.82) is 0 Å². The number of halogens is 3. The number of benzene rings is 4. The smallest absolute Gasteiger partial charge is 1.00 e. The van der Waals surface area contributed by atoms with Crippen LogP contribution in [0.2, 0.25) is 0 Å². The molecule has 5 atom stereocenters. The number of allylic oxidation sites excluding steroid dienone is 2. The van der Waals surface area contributed by atoms with Crippen LogP contribution < -0.4 is 34.9 Å². The summed E-state index contributed by atoms with van der Waals surface area (Å²) in [5.41, 5.74) is 8.72. The van der Waals surface area contributed by atoms with Gasteiger partial charge in [0.05, 0.1) is 27.8 Å². The number of hydrogen-bond donors (Lipinski definition) is 5. The summed E-state index contributed by atoms with van der Waals surface area (Å²) >= 11 is 0. The van der Waals surface area contributed by atoms with Crippen LogP contribution in [0, 0.1) is 58.3 Å². The second kappa shape index (κ2) is 31.5. The molecular weight excluding hydrogens is 1220 g/mol. The zero-order chi connectivity index (χ0) is 66.3. The molecule has 0 bridgehead atoms. The number of H-pyrrole nitrogens is 4. The van der Waals surface area contributed by atoms with Crippen molar-refractivity contribution in [1.82, 2.24) is 55.9 Å². The molecule has 2 amide bonds. The van der Waals surface area contributed by atoms with E-state index in [0.717, 1.165) is 110 Å². The van der Waals surface area contributed by atoms with Gasteiger partial charge in [-0.1, -0.05) is 63.6 Å². The van der Waals surface area contributed by atoms with Gasteiger partial charge in [0.2, 0.25) is 5.88 Å². The number of rotatable bonds is 5. The zero-order valence-electron chi connectivity index (χ0n) is 57.6. The Balaban J connectivity index is 0.000000215. The summed E-state index contributed by atoms with van der Waals surface area (Å²) in [5.74, 6) is 1.20. The van der Waals surface area contributed by atoms with Gasteiger partial charge < -0.3 is 20.4 Å². The minimum Gasteiger partial charge on any atom is -1.00 e. The second-order valence-electron chi connectivity index (χ2n) is 26.7. The Morgan fingerprint density at radius 3 is 1.54 bits per heavy atom. The first-order valence-electron chi connectivity index (χ1n) is 31.2. The molecule has 495 valence electrons. The van der Waals surface area contributed by atoms with Gasteiger partial charge in [0.1, 0.15) is 11.2 Å². The molecule has 3 radical (unpaired) electrons. The van der Waals surface area contributed by atoms with Gasteiger partial charge in [-0.3, -0.25) is 30.3 Å². The molecule has 4 aliphatic heterocycles. The van der Waals surface area contributed by atoms with E-state index in [1.54, 1.807) is 32.6 Å². The monoisotopic (exact) mass is 1310 g/mol. The second-order valence-corrected chi connectivity index (χ2v) is 28.2. The molecule has 1 fully saturated rings. The Labute approximate surface area is 569 Å². The molecule has 4 aliphatic rings. The van der Waals surface area contributed by atoms with Crippen molar-refractivity contribution >= 4 is 85.7 Å². The number of aryl methyl sites for hydroxylation is 5. The van der Waals surface area contributed by atoms with Gasteiger partial charge in [-0.2, -0.15) is 42.0 Å². The van der Waals surface area contributed by atoms with Crippen molar-refractivity contribution in [3.63, 3.8) is 0 Å². The van der Waals surface area contributed by atoms with Crippen LogP contribution in [0.15, 0.2) is 95.8 Å². The first-order valence-corrected chi connectivity index (χ1v) is 32.6. The van der Waals surface area contributed by atoms with Crippen LogP contribution in [0.25, 0.3) is 49.3 Å². The fourth-order valence-corrected chi connectivity index (χ4v) is 11.3. The molecule has 5 N–H and O–H groups in total. The largest absolute Gasteiger partial charge is 1.00 e. The summed E-state index contributed by atoms with van der Waals surface area (Å²) in [6, 6.07) is 25.9. The van der Waals surface area contributed by atoms with Crippen LogP contribution in [0.3, 0.4) is 0 Å². The molecule has 19 nitrogen and oxygen atoms in total. The summed E-state index contributed by atoms with van der Waals surface area (Å²) in [6.45, 7) is 31.9. The molecular formula is C68H90BF3N12NaO7S. The molecule has 25 heteroatoms. The number of fused-ring (bicyclic) bond motifs is 4. The van der Waals surface area contributed by atoms with Crippen LogP contribution in [0.5, 0.6) is 0 Å². The van der Waals surface area contributed by atoms with Crippen LogP contribution >= 0.6 is 0 Å². The Morgan fingerprint density at radius 1 is 0.581 bits per heavy atom. The first-order chi connectivity index (χ1) is 42.7. The first kappa shape index (κ1) is 75.0. The van der Waals surface area contributed by atoms with Gasteiger partial charge in [-0.15, -0.1) is 0 Å². The molecule has 3 unspecified atom stereocenters. The maximum atomic E-state index is 12.7. The van der Waals surface area contributed by atoms with Crippen LogP contribution in [-0.4, -0.2) is 128 Å². The molecule has 0 aliphatic carbocycles. The number of aliphatic imine (C=N–C) groups is 1. The van der Waals surface area contributed by atoms with E-state index < -0.39 is 38.8 Å². The standard InChI is InChI=1S/C19H25N3O2.C14H19N3.C14H17N3.C12H18F3NO5S.C9H10N2.B.Na.H/c1-12-6-9-17(22(11-12)18(23)24-19(3,4)5)14-7-8-16-15(10-14)13(2)20-21-16;2*1-9-3-5-13(15-8-9)11-4-6-14-12(7-11)10(2)16-17-14;1-8-5-6-9(21-22(18,19)12(13,14)15)16(7-8)10(17)20-11(2,3)4;1-6-3-4-9-8(5-6)7(2)10-11-9;;;/h7-10,12H,6,11H2,1-5H3,(H,20,21);4,6-7,9,13,15H,3,5,8H2,1-2H3,(H,16,17);4,6-7,9H,3,5,8H2,1-2H3,(H,16,17);6,8H,5,7H2,1-4H3;3-5H,1-2H3,(H,10,11);;;/q;;;;;;+1;-1/t;9-,13+;;;;;;/m.1....../s1. The van der Waals surface area contributed by atoms with Crippen LogP contribution in [0.1, 0.15) is 160 Å². The third-order valence-electron chi connectivity index (χ3n) is 16.0. The van der Waals surface area contributed by atoms with Crippen molar-refractivity contribution in [2.75, 3.05) is 26.2 Å². The van der Waals surface area contributed by atoms with Crippen molar-refractivity contribution in [3.05, 3.63) is 136 Å². The quantitative estimate of drug-likeness (QED) is 0.0614. The minimum atomic E-state index is -5.84. The van der Waals surface area contributed by atoms with Crippen molar-refractivity contribution in [2.45, 2.75) is 165 Å². The number of ether oxygens (including phenoxy) is 2. The SMILES string of the molecule is CC1CC=C(OS(=O)(=O)C(F)(F)F)N(C(=O)OC(C)(C)C)C1.Cc1[nH]nc2ccc(C3=CCC(C)CN3C(=O)OC(C)(C)C)cc12.Cc1[nH]nc2ccc(C3=NCC(C)CC3)cc12.Cc1[nH]nc2ccc([C@@H]3CC[C@@H](C)CN3)cc12.Cc1ccc2n[nH]c(C)c2c1.[B].[H-].[Na+]. The third-order valence-corrected chi connectivity index (χ3v) is 16.9. The van der Waals surface area contributed by atoms with Crippen molar-refractivity contribution in [3.8, 4) is 0 Å². The fraction of sp³-hybridized carbons (Fsp3) is 0.485. The Bertz CT molecular complexity index is 4090. The van der Waals surface area contributed by atoms with E-state index in [2.05, 4.69) is 157 Å². The Morgan fingerprint density at radius 2 is 1.04 bits per heavy atom. The molecule has 1 saturated heterocycles. The van der Waals surface area contributed by atoms with E-state index in [1.165, 1.54) is 57.8 Å². The Hall–Kier alpha value is -6.99. The van der Waals surface area contributed by atoms with Gasteiger partial charge in [-0.25, -0.2) is 14.5 Å². The predicted molar refractivity (Wildman–Crippen MR) is 359 cm³/mol. The summed E-state index contributed by atoms with van der Waals surface area (Å²) in [5, 5.41) is 37.4. The van der Waals surface area contributed by atoms with E-state index in [0.29, 0.717) is 18.5 Å². The fourth-order valence-electron chi connectivity index (χ4n) is 10.9. The molecule has 12 rings (SSSR count). The number of carbonyl (C=O) groups excluding carboxylic acids is 2. The summed E-state index contributed by atoms with van der Waals surface area (Å²) in [6.07, 6.45) is 8.15. The van der Waals surface area contributed by atoms with E-state index in [1.807, 2.05) is 52.8 Å². The average molecular weight is 1310 g/mol. The maximum absolute atomic E-state index is 12.7. The number of aromatic amines is 4. The molecule has 8 aromatic rings. The number of carbonyl (C=O) groups is 2. The zero-order valence-corrected chi connectivity index (χ0v) is 59.5. The summed E-state index contributed by atoms with van der Waals surface area (Å²) in [4.78, 5) is 31.9. The number of nitrogens with one attached hydrogen (secondary N) is 5. The molecule has 93 heavy (non-hydrogen) atoms. The van der Waals surface area contributed by atoms with Gasteiger partial charge in [0, 0.05) is 84.1 Å². The van der Waals surface area contributed by atoms with E-state index in [9.17, 15) is 31.2 Å². The molecule has 0 spiro atoms. The number of alkyl halides is 3. The number of piperidine rings is 1. The maximum Gasteiger partial charge on any atom is 1.00 e. The predicted octanol–water partition coefficient (Wildman–Crippen LogP) is 12.4. The van der Waals surface area contributed by atoms with Crippen molar-refractivity contribution in [2.24, 2.45) is 28.7 Å². The summed E-state index contributed by atoms with van der Waals surface area (Å²) < 4.78 is 74.1. The number of amides is 2. The van der Waals surface area contributed by atoms with Gasteiger partial charge in [0.25, 0.3) is 0 Å². The third kappa shape index (κ3) is 20.0. The van der Waals surface area contributed by atoms with Crippen LogP contribution in [-0.2, 0) is 23.8 Å². The molecule has 8 heterocycles. The van der Waals surface area contributed by atoms with E-state index in [4.69, 9.17) is 9.47 Å². The number of aromatic nitrogens is 8. The molecule has 4 aromatic heterocycles. The molecule has 0 saturated carbocycles. The number of nitrogens with zero attached hydrogens (tertiary/aromatic N) is 7. The van der Waals surface area contributed by atoms with E-state index in [-0.39, 0.29) is 64.4 Å². The van der Waals surface area contributed by atoms with Gasteiger partial charge in [0.15, 0.2) is 0 Å². The average Bonchev–Trinajstić information content (AvgIpc) is 1.52. The van der Waals surface area contributed by atoms with E-state index >= 15 is 0 Å². The van der Waals surface area contributed by atoms with Gasteiger partial charge >= 0.3 is 57.4 Å². The minimum absolute atomic E-state index is 0. The van der Waals surface area contributed by atoms with Crippen molar-refractivity contribution < 1.29 is 75.8 Å². The van der Waals surface area contributed by atoms with Gasteiger partial charge in [-0.05, 0) is 216 Å². The molecule has 4 aromatic carbocycles. The topological polar surface area (TPSA) is 242 Å². The normalized spacial score (nSPS) is 19.3. The Kier molecular flexibility index (Phi) is 25.4. The number of hydrogen-bond acceptors (Lipinski definition) is 13. The van der Waals surface area contributed by atoms with Crippen LogP contribution in [0.4, 0.5) is 22.8 Å². The summed E-state index contributed by atoms with van der Waals surface area (Å²) in [7, 11) is -5.84.